The van der Waals surface area contributed by atoms with Crippen molar-refractivity contribution in [3.05, 3.63) is 0 Å². The number of carbonyl (C=O) groups is 7. The van der Waals surface area contributed by atoms with Crippen LogP contribution in [0.4, 0.5) is 4.79 Å². The van der Waals surface area contributed by atoms with Gasteiger partial charge in [-0.1, -0.05) is 74.1 Å². The Bertz CT molecular complexity index is 1440. The molecule has 13 heteroatoms. The molecule has 6 N–H and O–H groups in total. The van der Waals surface area contributed by atoms with Crippen molar-refractivity contribution in [2.45, 2.75) is 150 Å². The van der Waals surface area contributed by atoms with Gasteiger partial charge in [0.25, 0.3) is 5.91 Å². The maximum atomic E-state index is 14.7. The number of primary amides is 1. The van der Waals surface area contributed by atoms with Gasteiger partial charge < -0.3 is 31.7 Å². The fourth-order valence-electron chi connectivity index (χ4n) is 9.37. The molecule has 0 aromatic heterocycles. The van der Waals surface area contributed by atoms with Gasteiger partial charge >= 0.3 is 12.0 Å². The molecule has 1 saturated heterocycles. The molecule has 0 bridgehead atoms. The fourth-order valence-corrected chi connectivity index (χ4v) is 9.37. The van der Waals surface area contributed by atoms with E-state index in [1.54, 1.807) is 4.90 Å². The molecule has 2 spiro atoms. The zero-order chi connectivity index (χ0) is 38.5. The second-order valence-electron chi connectivity index (χ2n) is 18.4. The Morgan fingerprint density at radius 3 is 1.94 bits per heavy atom. The van der Waals surface area contributed by atoms with Crippen molar-refractivity contribution in [1.29, 1.82) is 0 Å². The zero-order valence-corrected chi connectivity index (χ0v) is 32.1. The van der Waals surface area contributed by atoms with Crippen molar-refractivity contribution in [2.75, 3.05) is 6.54 Å². The molecule has 4 fully saturated rings. The largest absolute Gasteiger partial charge is 0.480 e. The van der Waals surface area contributed by atoms with Crippen molar-refractivity contribution >= 4 is 41.3 Å². The second-order valence-corrected chi connectivity index (χ2v) is 18.4. The van der Waals surface area contributed by atoms with E-state index >= 15 is 0 Å². The predicted molar refractivity (Wildman–Crippen MR) is 190 cm³/mol. The number of aliphatic carboxylic acids is 1. The number of carboxylic acids is 1. The summed E-state index contributed by atoms with van der Waals surface area (Å²) in [7, 11) is 0. The van der Waals surface area contributed by atoms with Gasteiger partial charge in [0.1, 0.15) is 11.6 Å². The lowest BCUT2D eigenvalue weighted by Gasteiger charge is -2.36. The summed E-state index contributed by atoms with van der Waals surface area (Å²) >= 11 is 0. The summed E-state index contributed by atoms with van der Waals surface area (Å²) in [5, 5.41) is 17.6. The molecule has 13 nitrogen and oxygen atoms in total. The van der Waals surface area contributed by atoms with Gasteiger partial charge in [0, 0.05) is 36.8 Å². The molecule has 5 atom stereocenters. The SMILES string of the molecule is CC(C)[C@@H](CC(=O)NC(C)(C)C(=O)O)NC(=O)N[C@H](C(=O)N1C[C@]2(C[C@H]1C(=O)CC(CC1CCC1)C(=O)C(N)=O)C(C)(C)C21CCC1)C(C)(C)C. The number of fused-ring (bicyclic) bond motifs is 1. The van der Waals surface area contributed by atoms with E-state index in [2.05, 4.69) is 29.8 Å². The van der Waals surface area contributed by atoms with Crippen LogP contribution in [0.1, 0.15) is 127 Å². The quantitative estimate of drug-likeness (QED) is 0.158. The Hall–Kier alpha value is -3.51. The van der Waals surface area contributed by atoms with Crippen LogP contribution in [0.3, 0.4) is 0 Å². The summed E-state index contributed by atoms with van der Waals surface area (Å²) in [5.74, 6) is -4.96. The molecule has 0 aromatic rings. The summed E-state index contributed by atoms with van der Waals surface area (Å²) in [5.41, 5.74) is 2.77. The van der Waals surface area contributed by atoms with Gasteiger partial charge in [-0.3, -0.25) is 24.0 Å². The van der Waals surface area contributed by atoms with Crippen molar-refractivity contribution in [3.63, 3.8) is 0 Å². The Labute approximate surface area is 302 Å². The second kappa shape index (κ2) is 14.1. The first-order valence-electron chi connectivity index (χ1n) is 18.7. The molecule has 3 saturated carbocycles. The van der Waals surface area contributed by atoms with E-state index in [4.69, 9.17) is 5.73 Å². The van der Waals surface area contributed by atoms with Crippen LogP contribution in [0.15, 0.2) is 0 Å². The minimum Gasteiger partial charge on any atom is -0.480 e. The molecule has 51 heavy (non-hydrogen) atoms. The number of nitrogens with two attached hydrogens (primary N) is 1. The van der Waals surface area contributed by atoms with Crippen molar-refractivity contribution in [1.82, 2.24) is 20.9 Å². The number of Topliss-reactive ketones (excluding diaryl/α,β-unsaturated/α-hetero) is 2. The standard InChI is InChI=1S/C38H61N5O8/c1-21(2)24(18-27(45)42-35(6,7)32(49)50)40-33(51)41-29(34(3,4)5)31(48)43-20-38(36(8,9)37(38)14-11-15-37)19-25(43)26(44)17-23(28(46)30(39)47)16-22-12-10-13-22/h21-25,29H,10-20H2,1-9H3,(H2,39,47)(H,42,45)(H,49,50)(H2,40,41,51)/t23?,24-,25+,29-,38-/m1/s1. The van der Waals surface area contributed by atoms with Crippen LogP contribution in [0, 0.1) is 39.4 Å². The number of hydrogen-bond acceptors (Lipinski definition) is 7. The van der Waals surface area contributed by atoms with Crippen LogP contribution in [0.2, 0.25) is 0 Å². The van der Waals surface area contributed by atoms with E-state index in [1.165, 1.54) is 13.8 Å². The summed E-state index contributed by atoms with van der Waals surface area (Å²) in [4.78, 5) is 93.5. The van der Waals surface area contributed by atoms with Gasteiger partial charge in [-0.15, -0.1) is 0 Å². The number of carboxylic acid groups (broad SMARTS) is 1. The highest BCUT2D eigenvalue weighted by Crippen LogP contribution is 2.88. The van der Waals surface area contributed by atoms with Crippen LogP contribution in [0.5, 0.6) is 0 Å². The Balaban J connectivity index is 1.57. The number of carbonyl (C=O) groups excluding carboxylic acids is 6. The van der Waals surface area contributed by atoms with Crippen LogP contribution in [0.25, 0.3) is 0 Å². The number of rotatable bonds is 15. The van der Waals surface area contributed by atoms with Crippen LogP contribution >= 0.6 is 0 Å². The Kier molecular flexibility index (Phi) is 11.2. The molecule has 3 aliphatic carbocycles. The first-order chi connectivity index (χ1) is 23.4. The van der Waals surface area contributed by atoms with Crippen LogP contribution < -0.4 is 21.7 Å². The molecule has 1 unspecified atom stereocenters. The molecule has 0 radical (unpaired) electrons. The smallest absolute Gasteiger partial charge is 0.328 e. The van der Waals surface area contributed by atoms with Gasteiger partial charge in [-0.25, -0.2) is 9.59 Å². The van der Waals surface area contributed by atoms with Crippen molar-refractivity contribution in [3.8, 4) is 0 Å². The number of amides is 5. The number of likely N-dealkylation sites (tertiary alicyclic amines) is 1. The van der Waals surface area contributed by atoms with Gasteiger partial charge in [-0.05, 0) is 67.6 Å². The molecule has 5 amide bonds. The van der Waals surface area contributed by atoms with Crippen molar-refractivity contribution in [2.24, 2.45) is 45.1 Å². The average molecular weight is 716 g/mol. The lowest BCUT2D eigenvalue weighted by molar-refractivity contribution is -0.146. The van der Waals surface area contributed by atoms with E-state index in [0.29, 0.717) is 19.4 Å². The molecule has 286 valence electrons. The number of urea groups is 1. The topological polar surface area (TPSA) is 205 Å². The molecule has 0 aromatic carbocycles. The third kappa shape index (κ3) is 7.54. The maximum Gasteiger partial charge on any atom is 0.328 e. The third-order valence-corrected chi connectivity index (χ3v) is 13.3. The molecule has 4 aliphatic rings. The summed E-state index contributed by atoms with van der Waals surface area (Å²) < 4.78 is 0. The minimum absolute atomic E-state index is 0.0181. The van der Waals surface area contributed by atoms with Crippen molar-refractivity contribution < 1.29 is 38.7 Å². The number of hydrogen-bond donors (Lipinski definition) is 5. The molecular formula is C38H61N5O8. The first kappa shape index (κ1) is 40.3. The minimum atomic E-state index is -1.50. The normalized spacial score (nSPS) is 25.3. The molecule has 1 aliphatic heterocycles. The predicted octanol–water partition coefficient (Wildman–Crippen LogP) is 3.71. The Morgan fingerprint density at radius 2 is 1.51 bits per heavy atom. The van der Waals surface area contributed by atoms with Gasteiger partial charge in [0.05, 0.1) is 6.04 Å². The molecule has 1 heterocycles. The Morgan fingerprint density at radius 1 is 0.902 bits per heavy atom. The highest BCUT2D eigenvalue weighted by atomic mass is 16.4. The fraction of sp³-hybridized carbons (Fsp3) is 0.816. The lowest BCUT2D eigenvalue weighted by atomic mass is 9.73. The summed E-state index contributed by atoms with van der Waals surface area (Å²) in [6.07, 6.45) is 6.59. The summed E-state index contributed by atoms with van der Waals surface area (Å²) in [6.45, 7) is 16.7. The number of nitrogens with zero attached hydrogens (tertiary/aromatic N) is 1. The maximum absolute atomic E-state index is 14.7. The van der Waals surface area contributed by atoms with E-state index in [-0.39, 0.29) is 46.7 Å². The number of nitrogens with one attached hydrogen (secondary N) is 3. The highest BCUT2D eigenvalue weighted by Gasteiger charge is 2.85. The van der Waals surface area contributed by atoms with Gasteiger partial charge in [0.2, 0.25) is 17.6 Å². The average Bonchev–Trinajstić information content (AvgIpc) is 3.18. The number of ketones is 2. The summed E-state index contributed by atoms with van der Waals surface area (Å²) in [6, 6.07) is -3.21. The van der Waals surface area contributed by atoms with E-state index in [1.807, 2.05) is 34.6 Å². The highest BCUT2D eigenvalue weighted by molar-refractivity contribution is 6.36. The third-order valence-electron chi connectivity index (χ3n) is 13.3. The first-order valence-corrected chi connectivity index (χ1v) is 18.7. The van der Waals surface area contributed by atoms with E-state index in [9.17, 15) is 38.7 Å². The van der Waals surface area contributed by atoms with E-state index in [0.717, 1.165) is 38.5 Å². The lowest BCUT2D eigenvalue weighted by Crippen LogP contribution is -2.60. The van der Waals surface area contributed by atoms with Gasteiger partial charge in [-0.2, -0.15) is 0 Å². The van der Waals surface area contributed by atoms with E-state index < -0.39 is 70.5 Å². The molecule has 4 rings (SSSR count). The van der Waals surface area contributed by atoms with Crippen LogP contribution in [-0.2, 0) is 28.8 Å². The molecular weight excluding hydrogens is 654 g/mol. The van der Waals surface area contributed by atoms with Gasteiger partial charge in [0.15, 0.2) is 5.78 Å². The van der Waals surface area contributed by atoms with Crippen LogP contribution in [-0.4, -0.2) is 81.5 Å². The zero-order valence-electron chi connectivity index (χ0n) is 32.1. The monoisotopic (exact) mass is 715 g/mol.